The van der Waals surface area contributed by atoms with Crippen LogP contribution >= 0.6 is 11.8 Å². The molecule has 2 aromatic carbocycles. The molecule has 0 bridgehead atoms. The van der Waals surface area contributed by atoms with Gasteiger partial charge in [0.05, 0.1) is 17.1 Å². The van der Waals surface area contributed by atoms with Crippen molar-refractivity contribution < 1.29 is 9.53 Å². The quantitative estimate of drug-likeness (QED) is 0.633. The van der Waals surface area contributed by atoms with E-state index in [0.29, 0.717) is 5.75 Å². The molecule has 0 radical (unpaired) electrons. The van der Waals surface area contributed by atoms with Crippen molar-refractivity contribution in [3.63, 3.8) is 0 Å². The fourth-order valence-electron chi connectivity index (χ4n) is 2.74. The number of nitrogens with zero attached hydrogens (tertiary/aromatic N) is 1. The molecule has 0 spiro atoms. The van der Waals surface area contributed by atoms with E-state index in [1.165, 1.54) is 0 Å². The van der Waals surface area contributed by atoms with Crippen LogP contribution in [0.3, 0.4) is 0 Å². The van der Waals surface area contributed by atoms with Crippen molar-refractivity contribution in [3.8, 4) is 5.75 Å². The number of thioether (sulfide) groups is 1. The summed E-state index contributed by atoms with van der Waals surface area (Å²) >= 11 is 1.75. The highest BCUT2D eigenvalue weighted by atomic mass is 32.2. The zero-order chi connectivity index (χ0) is 18.4. The maximum absolute atomic E-state index is 12.4. The first-order chi connectivity index (χ1) is 12.7. The lowest BCUT2D eigenvalue weighted by molar-refractivity contribution is -0.123. The summed E-state index contributed by atoms with van der Waals surface area (Å²) in [5.41, 5.74) is 2.98. The third kappa shape index (κ3) is 4.79. The average Bonchev–Trinajstić information content (AvgIpc) is 3.07. The molecule has 1 heterocycles. The second-order valence-electron chi connectivity index (χ2n) is 6.15. The monoisotopic (exact) mass is 369 g/mol. The maximum atomic E-state index is 12.4. The van der Waals surface area contributed by atoms with E-state index in [0.717, 1.165) is 34.6 Å². The normalized spacial score (nSPS) is 12.1. The summed E-state index contributed by atoms with van der Waals surface area (Å²) in [6.45, 7) is 1.98. The third-order valence-corrected chi connectivity index (χ3v) is 4.69. The van der Waals surface area contributed by atoms with Crippen LogP contribution in [-0.2, 0) is 4.79 Å². The summed E-state index contributed by atoms with van der Waals surface area (Å²) in [4.78, 5) is 20.3. The standard InChI is InChI=1S/C20H23N3O2S/c1-14-6-5-7-15(12-14)25-13-19(24)21-18(10-11-26-2)20-22-16-8-3-4-9-17(16)23-20/h3-9,12,18H,10-11,13H2,1-2H3,(H,21,24)(H,22,23)/t18-/m0/s1. The second kappa shape index (κ2) is 8.76. The first kappa shape index (κ1) is 18.3. The molecule has 6 heteroatoms. The highest BCUT2D eigenvalue weighted by Gasteiger charge is 2.18. The first-order valence-electron chi connectivity index (χ1n) is 8.58. The number of aromatic amines is 1. The molecule has 3 aromatic rings. The van der Waals surface area contributed by atoms with E-state index < -0.39 is 0 Å². The lowest BCUT2D eigenvalue weighted by Gasteiger charge is -2.16. The predicted octanol–water partition coefficient (Wildman–Crippen LogP) is 3.86. The van der Waals surface area contributed by atoms with Crippen LogP contribution in [0.1, 0.15) is 23.9 Å². The molecular weight excluding hydrogens is 346 g/mol. The molecule has 0 saturated carbocycles. The van der Waals surface area contributed by atoms with Gasteiger partial charge in [0.2, 0.25) is 0 Å². The summed E-state index contributed by atoms with van der Waals surface area (Å²) in [6, 6.07) is 15.4. The van der Waals surface area contributed by atoms with E-state index >= 15 is 0 Å². The molecule has 26 heavy (non-hydrogen) atoms. The molecule has 5 nitrogen and oxygen atoms in total. The van der Waals surface area contributed by atoms with Gasteiger partial charge in [-0.05, 0) is 55.2 Å². The highest BCUT2D eigenvalue weighted by Crippen LogP contribution is 2.20. The first-order valence-corrected chi connectivity index (χ1v) is 9.97. The molecule has 0 aliphatic heterocycles. The van der Waals surface area contributed by atoms with Crippen molar-refractivity contribution in [2.24, 2.45) is 0 Å². The van der Waals surface area contributed by atoms with Crippen molar-refractivity contribution in [2.45, 2.75) is 19.4 Å². The predicted molar refractivity (Wildman–Crippen MR) is 107 cm³/mol. The molecule has 0 aliphatic rings. The van der Waals surface area contributed by atoms with Gasteiger partial charge in [0, 0.05) is 0 Å². The zero-order valence-corrected chi connectivity index (χ0v) is 15.8. The summed E-state index contributed by atoms with van der Waals surface area (Å²) in [5, 5.41) is 3.04. The van der Waals surface area contributed by atoms with Gasteiger partial charge in [-0.1, -0.05) is 24.3 Å². The van der Waals surface area contributed by atoms with Crippen molar-refractivity contribution in [1.82, 2.24) is 15.3 Å². The van der Waals surface area contributed by atoms with E-state index in [1.807, 2.05) is 55.5 Å². The van der Waals surface area contributed by atoms with E-state index in [2.05, 4.69) is 21.5 Å². The van der Waals surface area contributed by atoms with Crippen molar-refractivity contribution in [2.75, 3.05) is 18.6 Å². The van der Waals surface area contributed by atoms with Crippen LogP contribution in [0.4, 0.5) is 0 Å². The number of aryl methyl sites for hydroxylation is 1. The lowest BCUT2D eigenvalue weighted by atomic mass is 10.2. The Morgan fingerprint density at radius 3 is 2.88 bits per heavy atom. The van der Waals surface area contributed by atoms with E-state index in [1.54, 1.807) is 11.8 Å². The summed E-state index contributed by atoms with van der Waals surface area (Å²) < 4.78 is 5.60. The van der Waals surface area contributed by atoms with Crippen LogP contribution in [0.15, 0.2) is 48.5 Å². The number of rotatable bonds is 8. The van der Waals surface area contributed by atoms with Crippen molar-refractivity contribution in [3.05, 3.63) is 59.9 Å². The van der Waals surface area contributed by atoms with Gasteiger partial charge in [0.25, 0.3) is 5.91 Å². The number of carbonyl (C=O) groups is 1. The number of amides is 1. The Hall–Kier alpha value is -2.47. The number of imidazole rings is 1. The van der Waals surface area contributed by atoms with Crippen molar-refractivity contribution in [1.29, 1.82) is 0 Å². The fourth-order valence-corrected chi connectivity index (χ4v) is 3.21. The highest BCUT2D eigenvalue weighted by molar-refractivity contribution is 7.98. The summed E-state index contributed by atoms with van der Waals surface area (Å²) in [6.07, 6.45) is 2.86. The topological polar surface area (TPSA) is 67.0 Å². The Morgan fingerprint density at radius 2 is 2.12 bits per heavy atom. The Labute approximate surface area is 157 Å². The molecular formula is C20H23N3O2S. The van der Waals surface area contributed by atoms with Crippen LogP contribution in [0.5, 0.6) is 5.75 Å². The number of carbonyl (C=O) groups excluding carboxylic acids is 1. The molecule has 136 valence electrons. The Morgan fingerprint density at radius 1 is 1.27 bits per heavy atom. The number of hydrogen-bond donors (Lipinski definition) is 2. The molecule has 3 rings (SSSR count). The van der Waals surface area contributed by atoms with Crippen molar-refractivity contribution >= 4 is 28.7 Å². The minimum absolute atomic E-state index is 0.0144. The third-order valence-electron chi connectivity index (χ3n) is 4.04. The molecule has 1 atom stereocenters. The second-order valence-corrected chi connectivity index (χ2v) is 7.13. The lowest BCUT2D eigenvalue weighted by Crippen LogP contribution is -2.33. The SMILES string of the molecule is CSCC[C@H](NC(=O)COc1cccc(C)c1)c1nc2ccccc2[nH]1. The number of ether oxygens (including phenoxy) is 1. The van der Waals surface area contributed by atoms with Gasteiger partial charge in [-0.15, -0.1) is 0 Å². The van der Waals surface area contributed by atoms with Gasteiger partial charge in [-0.25, -0.2) is 4.98 Å². The van der Waals surface area contributed by atoms with E-state index in [9.17, 15) is 4.79 Å². The van der Waals surface area contributed by atoms with Gasteiger partial charge in [-0.3, -0.25) is 4.79 Å². The average molecular weight is 369 g/mol. The van der Waals surface area contributed by atoms with Gasteiger partial charge in [0.1, 0.15) is 11.6 Å². The van der Waals surface area contributed by atoms with Gasteiger partial charge in [-0.2, -0.15) is 11.8 Å². The van der Waals surface area contributed by atoms with E-state index in [-0.39, 0.29) is 18.6 Å². The number of benzene rings is 2. The molecule has 0 fully saturated rings. The minimum atomic E-state index is -0.163. The molecule has 1 aromatic heterocycles. The number of H-pyrrole nitrogens is 1. The molecule has 0 saturated heterocycles. The fraction of sp³-hybridized carbons (Fsp3) is 0.300. The largest absolute Gasteiger partial charge is 0.484 e. The summed E-state index contributed by atoms with van der Waals surface area (Å²) in [5.74, 6) is 2.26. The Bertz CT molecular complexity index is 845. The van der Waals surface area contributed by atoms with Gasteiger partial charge < -0.3 is 15.0 Å². The van der Waals surface area contributed by atoms with Crippen LogP contribution < -0.4 is 10.1 Å². The van der Waals surface area contributed by atoms with Crippen LogP contribution in [0.25, 0.3) is 11.0 Å². The smallest absolute Gasteiger partial charge is 0.258 e. The number of para-hydroxylation sites is 2. The molecule has 2 N–H and O–H groups in total. The number of fused-ring (bicyclic) bond motifs is 1. The van der Waals surface area contributed by atoms with Gasteiger partial charge in [0.15, 0.2) is 6.61 Å². The maximum Gasteiger partial charge on any atom is 0.258 e. The van der Waals surface area contributed by atoms with Crippen LogP contribution in [-0.4, -0.2) is 34.5 Å². The number of nitrogens with one attached hydrogen (secondary N) is 2. The Balaban J connectivity index is 1.66. The molecule has 0 unspecified atom stereocenters. The molecule has 0 aliphatic carbocycles. The van der Waals surface area contributed by atoms with Crippen LogP contribution in [0.2, 0.25) is 0 Å². The van der Waals surface area contributed by atoms with Gasteiger partial charge >= 0.3 is 0 Å². The van der Waals surface area contributed by atoms with E-state index in [4.69, 9.17) is 4.74 Å². The number of aromatic nitrogens is 2. The summed E-state index contributed by atoms with van der Waals surface area (Å²) in [7, 11) is 0. The van der Waals surface area contributed by atoms with Crippen LogP contribution in [0, 0.1) is 6.92 Å². The Kier molecular flexibility index (Phi) is 6.17. The minimum Gasteiger partial charge on any atom is -0.484 e. The number of hydrogen-bond acceptors (Lipinski definition) is 4. The molecule has 1 amide bonds. The zero-order valence-electron chi connectivity index (χ0n) is 15.0.